The largest absolute Gasteiger partial charge is 0.490 e. The molecule has 3 heterocycles. The summed E-state index contributed by atoms with van der Waals surface area (Å²) < 4.78 is 34.0. The van der Waals surface area contributed by atoms with Gasteiger partial charge < -0.3 is 20.3 Å². The highest BCUT2D eigenvalue weighted by Crippen LogP contribution is 2.26. The predicted octanol–water partition coefficient (Wildman–Crippen LogP) is 2.91. The number of piperidine rings is 1. The van der Waals surface area contributed by atoms with Crippen LogP contribution in [0.4, 0.5) is 19.1 Å². The maximum absolute atomic E-state index is 10.6. The van der Waals surface area contributed by atoms with Gasteiger partial charge in [0.15, 0.2) is 0 Å². The summed E-state index contributed by atoms with van der Waals surface area (Å²) in [6.45, 7) is 2.47. The Hall–Kier alpha value is -3.65. The number of carboxylic acids is 1. The molecule has 0 amide bonds. The lowest BCUT2D eigenvalue weighted by Crippen LogP contribution is -2.44. The lowest BCUT2D eigenvalue weighted by Gasteiger charge is -2.32. The highest BCUT2D eigenvalue weighted by Gasteiger charge is 2.38. The summed E-state index contributed by atoms with van der Waals surface area (Å²) in [7, 11) is 0. The van der Waals surface area contributed by atoms with Gasteiger partial charge in [0.05, 0.1) is 17.6 Å². The number of hydrogen-bond donors (Lipinski definition) is 2. The number of pyridine rings is 1. The van der Waals surface area contributed by atoms with Crippen molar-refractivity contribution in [2.75, 3.05) is 18.0 Å². The molecule has 1 aliphatic heterocycles. The number of rotatable bonds is 3. The number of halogens is 3. The summed E-state index contributed by atoms with van der Waals surface area (Å²) in [6.07, 6.45) is -1.17. The number of alkyl halides is 3. The summed E-state index contributed by atoms with van der Waals surface area (Å²) in [5.41, 5.74) is 9.73. The Balaban J connectivity index is 0.000000360. The number of nitrogens with zero attached hydrogens (tertiary/aromatic N) is 5. The molecular formula is C21H21F3N6O2. The smallest absolute Gasteiger partial charge is 0.475 e. The van der Waals surface area contributed by atoms with Gasteiger partial charge in [0.25, 0.3) is 0 Å². The van der Waals surface area contributed by atoms with E-state index < -0.39 is 12.1 Å². The van der Waals surface area contributed by atoms with Gasteiger partial charge in [0, 0.05) is 25.3 Å². The zero-order valence-electron chi connectivity index (χ0n) is 17.0. The van der Waals surface area contributed by atoms with Gasteiger partial charge in [-0.3, -0.25) is 0 Å². The fraction of sp³-hybridized carbons (Fsp3) is 0.333. The summed E-state index contributed by atoms with van der Waals surface area (Å²) in [6, 6.07) is 14.1. The van der Waals surface area contributed by atoms with Crippen molar-refractivity contribution in [3.05, 3.63) is 53.9 Å². The molecule has 1 unspecified atom stereocenters. The van der Waals surface area contributed by atoms with E-state index in [1.54, 1.807) is 12.3 Å². The number of carbonyl (C=O) groups is 1. The highest BCUT2D eigenvalue weighted by molar-refractivity contribution is 5.79. The van der Waals surface area contributed by atoms with Gasteiger partial charge in [-0.2, -0.15) is 18.4 Å². The number of hydrogen-bond acceptors (Lipinski definition) is 6. The molecule has 3 aromatic rings. The first-order chi connectivity index (χ1) is 15.2. The quantitative estimate of drug-likeness (QED) is 0.634. The maximum atomic E-state index is 10.6. The second-order valence-corrected chi connectivity index (χ2v) is 7.30. The third kappa shape index (κ3) is 5.53. The summed E-state index contributed by atoms with van der Waals surface area (Å²) >= 11 is 0. The summed E-state index contributed by atoms with van der Waals surface area (Å²) in [5, 5.41) is 16.0. The number of nitrogens with two attached hydrogens (primary N) is 1. The monoisotopic (exact) mass is 446 g/mol. The van der Waals surface area contributed by atoms with Crippen LogP contribution in [0.25, 0.3) is 11.0 Å². The standard InChI is InChI=1S/C19H20N6.C2HF3O2/c20-10-16-8-7-14(11-22-16)12-25-18-6-2-1-5-17(18)23-19(25)24-9-3-4-15(21)13-24;3-2(4,5)1(6)7/h1-2,5-8,11,15H,3-4,9,12-13,21H2;(H,6,7). The van der Waals surface area contributed by atoms with Gasteiger partial charge in [-0.25, -0.2) is 14.8 Å². The minimum atomic E-state index is -5.08. The molecule has 1 aliphatic rings. The van der Waals surface area contributed by atoms with E-state index in [0.717, 1.165) is 48.5 Å². The van der Waals surface area contributed by atoms with Crippen LogP contribution in [-0.2, 0) is 11.3 Å². The molecule has 3 N–H and O–H groups in total. The van der Waals surface area contributed by atoms with Gasteiger partial charge in [-0.05, 0) is 36.6 Å². The van der Waals surface area contributed by atoms with Crippen molar-refractivity contribution in [3.8, 4) is 6.07 Å². The molecule has 8 nitrogen and oxygen atoms in total. The molecule has 168 valence electrons. The zero-order valence-corrected chi connectivity index (χ0v) is 17.0. The first kappa shape index (κ1) is 23.0. The number of benzene rings is 1. The van der Waals surface area contributed by atoms with Crippen LogP contribution in [0.15, 0.2) is 42.6 Å². The molecule has 4 rings (SSSR count). The second kappa shape index (κ2) is 9.65. The van der Waals surface area contributed by atoms with Gasteiger partial charge in [-0.1, -0.05) is 18.2 Å². The Kier molecular flexibility index (Phi) is 6.95. The molecule has 0 spiro atoms. The minimum Gasteiger partial charge on any atom is -0.475 e. The van der Waals surface area contributed by atoms with Crippen LogP contribution in [0.1, 0.15) is 24.1 Å². The molecular weight excluding hydrogens is 425 g/mol. The van der Waals surface area contributed by atoms with Gasteiger partial charge in [-0.15, -0.1) is 0 Å². The normalized spacial score (nSPS) is 16.2. The molecule has 2 aromatic heterocycles. The Morgan fingerprint density at radius 2 is 2.00 bits per heavy atom. The van der Waals surface area contributed by atoms with E-state index in [4.69, 9.17) is 25.9 Å². The van der Waals surface area contributed by atoms with Gasteiger partial charge >= 0.3 is 12.1 Å². The number of anilines is 1. The van der Waals surface area contributed by atoms with E-state index in [2.05, 4.69) is 26.6 Å². The van der Waals surface area contributed by atoms with Crippen molar-refractivity contribution in [1.82, 2.24) is 14.5 Å². The van der Waals surface area contributed by atoms with Crippen molar-refractivity contribution in [3.63, 3.8) is 0 Å². The van der Waals surface area contributed by atoms with E-state index in [9.17, 15) is 13.2 Å². The number of nitriles is 1. The molecule has 0 saturated carbocycles. The SMILES string of the molecule is N#Cc1ccc(Cn2c(N3CCCC(N)C3)nc3ccccc32)cn1.O=C(O)C(F)(F)F. The number of aromatic nitrogens is 3. The molecule has 11 heteroatoms. The molecule has 0 radical (unpaired) electrons. The van der Waals surface area contributed by atoms with Gasteiger partial charge in [0.2, 0.25) is 5.95 Å². The molecule has 1 atom stereocenters. The number of imidazole rings is 1. The van der Waals surface area contributed by atoms with E-state index in [0.29, 0.717) is 12.2 Å². The molecule has 1 saturated heterocycles. The van der Waals surface area contributed by atoms with Crippen LogP contribution in [0.5, 0.6) is 0 Å². The van der Waals surface area contributed by atoms with Crippen molar-refractivity contribution < 1.29 is 23.1 Å². The average Bonchev–Trinajstić information content (AvgIpc) is 3.12. The summed E-state index contributed by atoms with van der Waals surface area (Å²) in [5.74, 6) is -1.80. The van der Waals surface area contributed by atoms with Crippen LogP contribution in [0, 0.1) is 11.3 Å². The van der Waals surface area contributed by atoms with Crippen LogP contribution in [-0.4, -0.2) is 50.9 Å². The van der Waals surface area contributed by atoms with Crippen LogP contribution >= 0.6 is 0 Å². The second-order valence-electron chi connectivity index (χ2n) is 7.30. The van der Waals surface area contributed by atoms with E-state index >= 15 is 0 Å². The van der Waals surface area contributed by atoms with Crippen molar-refractivity contribution in [1.29, 1.82) is 5.26 Å². The first-order valence-corrected chi connectivity index (χ1v) is 9.80. The minimum absolute atomic E-state index is 0.193. The lowest BCUT2D eigenvalue weighted by molar-refractivity contribution is -0.192. The Bertz CT molecular complexity index is 1120. The topological polar surface area (TPSA) is 121 Å². The van der Waals surface area contributed by atoms with E-state index in [-0.39, 0.29) is 6.04 Å². The highest BCUT2D eigenvalue weighted by atomic mass is 19.4. The zero-order chi connectivity index (χ0) is 23.3. The molecule has 0 bridgehead atoms. The van der Waals surface area contributed by atoms with Crippen molar-refractivity contribution in [2.24, 2.45) is 5.73 Å². The van der Waals surface area contributed by atoms with Crippen LogP contribution in [0.2, 0.25) is 0 Å². The van der Waals surface area contributed by atoms with Crippen LogP contribution < -0.4 is 10.6 Å². The maximum Gasteiger partial charge on any atom is 0.490 e. The third-order valence-corrected chi connectivity index (χ3v) is 4.90. The molecule has 1 aromatic carbocycles. The van der Waals surface area contributed by atoms with Crippen LogP contribution in [0.3, 0.4) is 0 Å². The van der Waals surface area contributed by atoms with Crippen molar-refractivity contribution in [2.45, 2.75) is 31.6 Å². The number of carboxylic acid groups (broad SMARTS) is 1. The fourth-order valence-corrected chi connectivity index (χ4v) is 3.42. The third-order valence-electron chi connectivity index (χ3n) is 4.90. The Morgan fingerprint density at radius 3 is 2.59 bits per heavy atom. The lowest BCUT2D eigenvalue weighted by atomic mass is 10.1. The fourth-order valence-electron chi connectivity index (χ4n) is 3.42. The van der Waals surface area contributed by atoms with Crippen molar-refractivity contribution >= 4 is 23.0 Å². The number of aliphatic carboxylic acids is 1. The Labute approximate surface area is 181 Å². The first-order valence-electron chi connectivity index (χ1n) is 9.80. The summed E-state index contributed by atoms with van der Waals surface area (Å²) in [4.78, 5) is 20.2. The number of fused-ring (bicyclic) bond motifs is 1. The molecule has 0 aliphatic carbocycles. The average molecular weight is 446 g/mol. The Morgan fingerprint density at radius 1 is 1.28 bits per heavy atom. The molecule has 1 fully saturated rings. The molecule has 32 heavy (non-hydrogen) atoms. The van der Waals surface area contributed by atoms with Gasteiger partial charge in [0.1, 0.15) is 11.8 Å². The van der Waals surface area contributed by atoms with E-state index in [1.807, 2.05) is 24.3 Å². The number of para-hydroxylation sites is 2. The van der Waals surface area contributed by atoms with E-state index in [1.165, 1.54) is 0 Å². The predicted molar refractivity (Wildman–Crippen MR) is 111 cm³/mol.